The minimum Gasteiger partial charge on any atom is -0.320 e. The standard InChI is InChI=1S/C13H18IN/c1-15-10-9-13(7-2-8-13)11-3-5-12(14)6-4-11/h3-6,15H,2,7-10H2,1H3. The van der Waals surface area contributed by atoms with E-state index in [4.69, 9.17) is 0 Å². The van der Waals surface area contributed by atoms with Gasteiger partial charge < -0.3 is 5.32 Å². The molecule has 1 saturated carbocycles. The van der Waals surface area contributed by atoms with E-state index in [1.165, 1.54) is 29.3 Å². The summed E-state index contributed by atoms with van der Waals surface area (Å²) in [6.45, 7) is 1.13. The van der Waals surface area contributed by atoms with Crippen LogP contribution in [0, 0.1) is 3.57 Å². The fourth-order valence-electron chi connectivity index (χ4n) is 2.45. The van der Waals surface area contributed by atoms with E-state index in [1.807, 2.05) is 7.05 Å². The average Bonchev–Trinajstić information content (AvgIpc) is 2.19. The second kappa shape index (κ2) is 4.83. The van der Waals surface area contributed by atoms with Gasteiger partial charge in [0.05, 0.1) is 0 Å². The van der Waals surface area contributed by atoms with Crippen LogP contribution in [-0.2, 0) is 5.41 Å². The summed E-state index contributed by atoms with van der Waals surface area (Å²) in [6, 6.07) is 9.10. The lowest BCUT2D eigenvalue weighted by Gasteiger charge is -2.42. The lowest BCUT2D eigenvalue weighted by Crippen LogP contribution is -2.36. The maximum atomic E-state index is 3.27. The first-order valence-corrected chi connectivity index (χ1v) is 6.75. The van der Waals surface area contributed by atoms with Crippen molar-refractivity contribution in [3.63, 3.8) is 0 Å². The normalized spacial score (nSPS) is 18.5. The number of nitrogens with one attached hydrogen (secondary N) is 1. The van der Waals surface area contributed by atoms with Gasteiger partial charge in [-0.3, -0.25) is 0 Å². The van der Waals surface area contributed by atoms with Gasteiger partial charge in [-0.05, 0) is 78.6 Å². The summed E-state index contributed by atoms with van der Waals surface area (Å²) in [7, 11) is 2.04. The molecule has 1 aliphatic rings. The Morgan fingerprint density at radius 2 is 1.93 bits per heavy atom. The zero-order chi connectivity index (χ0) is 10.7. The van der Waals surface area contributed by atoms with Crippen LogP contribution in [0.25, 0.3) is 0 Å². The Morgan fingerprint density at radius 3 is 2.40 bits per heavy atom. The van der Waals surface area contributed by atoms with E-state index < -0.39 is 0 Å². The molecule has 0 amide bonds. The number of hydrogen-bond donors (Lipinski definition) is 1. The summed E-state index contributed by atoms with van der Waals surface area (Å²) in [5, 5.41) is 3.27. The van der Waals surface area contributed by atoms with Gasteiger partial charge in [-0.1, -0.05) is 18.6 Å². The van der Waals surface area contributed by atoms with E-state index in [0.29, 0.717) is 5.41 Å². The third-order valence-corrected chi connectivity index (χ3v) is 4.34. The third-order valence-electron chi connectivity index (χ3n) is 3.62. The van der Waals surface area contributed by atoms with Crippen molar-refractivity contribution in [2.24, 2.45) is 0 Å². The SMILES string of the molecule is CNCCC1(c2ccc(I)cc2)CCC1. The van der Waals surface area contributed by atoms with Gasteiger partial charge in [0.15, 0.2) is 0 Å². The van der Waals surface area contributed by atoms with E-state index in [-0.39, 0.29) is 0 Å². The Morgan fingerprint density at radius 1 is 1.27 bits per heavy atom. The molecule has 0 aromatic heterocycles. The molecule has 2 rings (SSSR count). The molecule has 1 aromatic rings. The molecule has 0 radical (unpaired) electrons. The van der Waals surface area contributed by atoms with Crippen molar-refractivity contribution in [1.29, 1.82) is 0 Å². The van der Waals surface area contributed by atoms with Gasteiger partial charge in [-0.15, -0.1) is 0 Å². The van der Waals surface area contributed by atoms with Crippen molar-refractivity contribution >= 4 is 22.6 Å². The quantitative estimate of drug-likeness (QED) is 0.841. The Bertz CT molecular complexity index is 314. The van der Waals surface area contributed by atoms with Gasteiger partial charge in [0.2, 0.25) is 0 Å². The summed E-state index contributed by atoms with van der Waals surface area (Å²) < 4.78 is 1.33. The van der Waals surface area contributed by atoms with Crippen molar-refractivity contribution in [3.05, 3.63) is 33.4 Å². The highest BCUT2D eigenvalue weighted by Gasteiger charge is 2.37. The van der Waals surface area contributed by atoms with Crippen LogP contribution in [0.1, 0.15) is 31.2 Å². The molecule has 0 atom stereocenters. The number of halogens is 1. The molecule has 1 aromatic carbocycles. The highest BCUT2D eigenvalue weighted by Crippen LogP contribution is 2.46. The second-order valence-corrected chi connectivity index (χ2v) is 5.74. The number of benzene rings is 1. The van der Waals surface area contributed by atoms with Crippen LogP contribution >= 0.6 is 22.6 Å². The molecule has 0 unspecified atom stereocenters. The number of rotatable bonds is 4. The second-order valence-electron chi connectivity index (χ2n) is 4.49. The number of hydrogen-bond acceptors (Lipinski definition) is 1. The van der Waals surface area contributed by atoms with Gasteiger partial charge in [0.25, 0.3) is 0 Å². The van der Waals surface area contributed by atoms with Crippen LogP contribution in [0.5, 0.6) is 0 Å². The topological polar surface area (TPSA) is 12.0 Å². The molecule has 0 heterocycles. The summed E-state index contributed by atoms with van der Waals surface area (Å²) >= 11 is 2.37. The fourth-order valence-corrected chi connectivity index (χ4v) is 2.81. The highest BCUT2D eigenvalue weighted by molar-refractivity contribution is 14.1. The zero-order valence-electron chi connectivity index (χ0n) is 9.22. The van der Waals surface area contributed by atoms with Crippen LogP contribution in [0.4, 0.5) is 0 Å². The minimum atomic E-state index is 0.493. The Balaban J connectivity index is 2.14. The maximum absolute atomic E-state index is 3.27. The first-order chi connectivity index (χ1) is 7.27. The van der Waals surface area contributed by atoms with Crippen LogP contribution in [0.3, 0.4) is 0 Å². The molecule has 1 N–H and O–H groups in total. The Kier molecular flexibility index (Phi) is 3.67. The van der Waals surface area contributed by atoms with Crippen LogP contribution in [0.2, 0.25) is 0 Å². The smallest absolute Gasteiger partial charge is 0.0130 e. The molecule has 0 bridgehead atoms. The lowest BCUT2D eigenvalue weighted by molar-refractivity contribution is 0.225. The van der Waals surface area contributed by atoms with Crippen molar-refractivity contribution in [2.45, 2.75) is 31.1 Å². The van der Waals surface area contributed by atoms with Crippen molar-refractivity contribution < 1.29 is 0 Å². The van der Waals surface area contributed by atoms with Gasteiger partial charge in [-0.25, -0.2) is 0 Å². The van der Waals surface area contributed by atoms with Crippen molar-refractivity contribution in [1.82, 2.24) is 5.32 Å². The molecule has 1 fully saturated rings. The van der Waals surface area contributed by atoms with Crippen molar-refractivity contribution in [2.75, 3.05) is 13.6 Å². The fraction of sp³-hybridized carbons (Fsp3) is 0.538. The van der Waals surface area contributed by atoms with Crippen LogP contribution in [0.15, 0.2) is 24.3 Å². The van der Waals surface area contributed by atoms with Gasteiger partial charge in [-0.2, -0.15) is 0 Å². The molecule has 82 valence electrons. The molecular formula is C13H18IN. The lowest BCUT2D eigenvalue weighted by atomic mass is 9.62. The first kappa shape index (κ1) is 11.4. The summed E-state index contributed by atoms with van der Waals surface area (Å²) in [5.74, 6) is 0. The maximum Gasteiger partial charge on any atom is 0.0130 e. The molecule has 0 aliphatic heterocycles. The van der Waals surface area contributed by atoms with Gasteiger partial charge >= 0.3 is 0 Å². The Hall–Kier alpha value is -0.0900. The molecule has 0 spiro atoms. The predicted molar refractivity (Wildman–Crippen MR) is 73.2 cm³/mol. The highest BCUT2D eigenvalue weighted by atomic mass is 127. The summed E-state index contributed by atoms with van der Waals surface area (Å²) in [5.41, 5.74) is 2.04. The van der Waals surface area contributed by atoms with E-state index in [9.17, 15) is 0 Å². The van der Waals surface area contributed by atoms with E-state index in [1.54, 1.807) is 5.56 Å². The molecule has 15 heavy (non-hydrogen) atoms. The molecule has 0 saturated heterocycles. The Labute approximate surface area is 106 Å². The summed E-state index contributed by atoms with van der Waals surface area (Å²) in [6.07, 6.45) is 5.42. The van der Waals surface area contributed by atoms with Crippen molar-refractivity contribution in [3.8, 4) is 0 Å². The monoisotopic (exact) mass is 315 g/mol. The van der Waals surface area contributed by atoms with Gasteiger partial charge in [0.1, 0.15) is 0 Å². The minimum absolute atomic E-state index is 0.493. The zero-order valence-corrected chi connectivity index (χ0v) is 11.4. The van der Waals surface area contributed by atoms with Gasteiger partial charge in [0, 0.05) is 3.57 Å². The largest absolute Gasteiger partial charge is 0.320 e. The molecule has 2 heteroatoms. The van der Waals surface area contributed by atoms with E-state index in [0.717, 1.165) is 6.54 Å². The predicted octanol–water partition coefficient (Wildman–Crippen LogP) is 3.32. The molecular weight excluding hydrogens is 297 g/mol. The average molecular weight is 315 g/mol. The first-order valence-electron chi connectivity index (χ1n) is 5.67. The summed E-state index contributed by atoms with van der Waals surface area (Å²) in [4.78, 5) is 0. The molecule has 1 aliphatic carbocycles. The van der Waals surface area contributed by atoms with E-state index in [2.05, 4.69) is 52.2 Å². The third kappa shape index (κ3) is 2.36. The van der Waals surface area contributed by atoms with Crippen LogP contribution in [-0.4, -0.2) is 13.6 Å². The van der Waals surface area contributed by atoms with E-state index >= 15 is 0 Å². The van der Waals surface area contributed by atoms with Crippen LogP contribution < -0.4 is 5.32 Å². The molecule has 1 nitrogen and oxygen atoms in total.